The molecule has 0 aromatic heterocycles. The molecule has 20 heavy (non-hydrogen) atoms. The Labute approximate surface area is 123 Å². The van der Waals surface area contributed by atoms with E-state index in [-0.39, 0.29) is 29.7 Å². The van der Waals surface area contributed by atoms with Gasteiger partial charge >= 0.3 is 6.03 Å². The van der Waals surface area contributed by atoms with Crippen molar-refractivity contribution < 1.29 is 14.3 Å². The average Bonchev–Trinajstić information content (AvgIpc) is 2.42. The maximum atomic E-state index is 13.4. The number of halogens is 1. The van der Waals surface area contributed by atoms with Gasteiger partial charge in [-0.1, -0.05) is 18.2 Å². The first-order valence-electron chi connectivity index (χ1n) is 6.50. The summed E-state index contributed by atoms with van der Waals surface area (Å²) in [6, 6.07) is 6.07. The Balaban J connectivity index is 2.32. The summed E-state index contributed by atoms with van der Waals surface area (Å²) in [7, 11) is 0. The summed E-state index contributed by atoms with van der Waals surface area (Å²) in [4.78, 5) is 11.7. The molecule has 1 rings (SSSR count). The molecule has 2 unspecified atom stereocenters. The fraction of sp³-hybridized carbons (Fsp3) is 0.500. The van der Waals surface area contributed by atoms with Gasteiger partial charge in [0, 0.05) is 17.8 Å². The van der Waals surface area contributed by atoms with Crippen LogP contribution in [0.25, 0.3) is 0 Å². The lowest BCUT2D eigenvalue weighted by Crippen LogP contribution is -2.46. The Hall–Kier alpha value is -1.27. The summed E-state index contributed by atoms with van der Waals surface area (Å²) < 4.78 is 13.4. The number of aliphatic hydroxyl groups is 1. The van der Waals surface area contributed by atoms with Crippen LogP contribution in [0.4, 0.5) is 9.18 Å². The van der Waals surface area contributed by atoms with Crippen molar-refractivity contribution in [3.8, 4) is 0 Å². The quantitative estimate of drug-likeness (QED) is 0.719. The predicted octanol–water partition coefficient (Wildman–Crippen LogP) is 1.78. The smallest absolute Gasteiger partial charge is 0.315 e. The van der Waals surface area contributed by atoms with E-state index < -0.39 is 0 Å². The lowest BCUT2D eigenvalue weighted by atomic mass is 10.1. The van der Waals surface area contributed by atoms with Crippen LogP contribution in [0.2, 0.25) is 0 Å². The summed E-state index contributed by atoms with van der Waals surface area (Å²) in [5.74, 6) is -0.259. The normalized spacial score (nSPS) is 13.6. The van der Waals surface area contributed by atoms with Crippen LogP contribution in [0.15, 0.2) is 24.3 Å². The van der Waals surface area contributed by atoms with Gasteiger partial charge in [-0.25, -0.2) is 9.18 Å². The molecule has 0 heterocycles. The van der Waals surface area contributed by atoms with Crippen LogP contribution in [0.5, 0.6) is 0 Å². The minimum absolute atomic E-state index is 0.0117. The van der Waals surface area contributed by atoms with E-state index in [1.54, 1.807) is 18.2 Å². The number of amides is 2. The lowest BCUT2D eigenvalue weighted by molar-refractivity contribution is 0.232. The predicted molar refractivity (Wildman–Crippen MR) is 80.5 cm³/mol. The summed E-state index contributed by atoms with van der Waals surface area (Å²) in [6.45, 7) is 2.22. The van der Waals surface area contributed by atoms with Gasteiger partial charge in [0.1, 0.15) is 5.82 Å². The number of urea groups is 1. The van der Waals surface area contributed by atoms with Gasteiger partial charge in [0.2, 0.25) is 0 Å². The van der Waals surface area contributed by atoms with Crippen molar-refractivity contribution >= 4 is 17.8 Å². The molecule has 0 aliphatic carbocycles. The Morgan fingerprint density at radius 2 is 2.15 bits per heavy atom. The van der Waals surface area contributed by atoms with E-state index in [2.05, 4.69) is 10.6 Å². The summed E-state index contributed by atoms with van der Waals surface area (Å²) in [5, 5.41) is 14.5. The van der Waals surface area contributed by atoms with Crippen molar-refractivity contribution in [2.24, 2.45) is 0 Å². The van der Waals surface area contributed by atoms with Crippen LogP contribution < -0.4 is 10.6 Å². The van der Waals surface area contributed by atoms with E-state index in [1.165, 1.54) is 17.8 Å². The first kappa shape index (κ1) is 16.8. The second kappa shape index (κ2) is 8.81. The number of hydrogen-bond donors (Lipinski definition) is 3. The minimum Gasteiger partial charge on any atom is -0.395 e. The van der Waals surface area contributed by atoms with Crippen molar-refractivity contribution in [3.63, 3.8) is 0 Å². The Kier molecular flexibility index (Phi) is 7.40. The summed E-state index contributed by atoms with van der Waals surface area (Å²) in [6.07, 6.45) is 2.33. The molecule has 0 saturated heterocycles. The zero-order valence-corrected chi connectivity index (χ0v) is 12.5. The van der Waals surface area contributed by atoms with Gasteiger partial charge in [-0.15, -0.1) is 0 Å². The second-order valence-electron chi connectivity index (χ2n) is 4.49. The minimum atomic E-state index is -0.304. The van der Waals surface area contributed by atoms with Crippen LogP contribution in [0.3, 0.4) is 0 Å². The number of aliphatic hydroxyl groups excluding tert-OH is 1. The van der Waals surface area contributed by atoms with E-state index in [0.29, 0.717) is 18.5 Å². The maximum absolute atomic E-state index is 13.4. The molecule has 0 spiro atoms. The zero-order chi connectivity index (χ0) is 15.0. The van der Waals surface area contributed by atoms with Gasteiger partial charge in [-0.2, -0.15) is 11.8 Å². The second-order valence-corrected chi connectivity index (χ2v) is 5.56. The number of nitrogens with one attached hydrogen (secondary N) is 2. The largest absolute Gasteiger partial charge is 0.395 e. The highest BCUT2D eigenvalue weighted by atomic mass is 32.2. The van der Waals surface area contributed by atoms with E-state index in [9.17, 15) is 9.18 Å². The molecule has 1 aromatic rings. The molecule has 0 fully saturated rings. The summed E-state index contributed by atoms with van der Waals surface area (Å²) in [5.41, 5.74) is 0.582. The van der Waals surface area contributed by atoms with Crippen LogP contribution in [0.1, 0.15) is 12.5 Å². The van der Waals surface area contributed by atoms with Crippen molar-refractivity contribution in [1.29, 1.82) is 0 Å². The highest BCUT2D eigenvalue weighted by Gasteiger charge is 2.16. The SMILES string of the molecule is CSC(CO)C(C)NC(=O)NCCc1ccccc1F. The molecule has 2 amide bonds. The monoisotopic (exact) mass is 300 g/mol. The third-order valence-electron chi connectivity index (χ3n) is 3.04. The van der Waals surface area contributed by atoms with Crippen molar-refractivity contribution in [1.82, 2.24) is 10.6 Å². The molecule has 112 valence electrons. The van der Waals surface area contributed by atoms with E-state index in [4.69, 9.17) is 5.11 Å². The third-order valence-corrected chi connectivity index (χ3v) is 4.20. The molecular weight excluding hydrogens is 279 g/mol. The Morgan fingerprint density at radius 1 is 1.45 bits per heavy atom. The molecule has 0 saturated carbocycles. The van der Waals surface area contributed by atoms with E-state index in [1.807, 2.05) is 13.2 Å². The number of carbonyl (C=O) groups is 1. The van der Waals surface area contributed by atoms with Crippen molar-refractivity contribution in [3.05, 3.63) is 35.6 Å². The van der Waals surface area contributed by atoms with Crippen LogP contribution in [-0.2, 0) is 6.42 Å². The molecule has 0 aliphatic heterocycles. The van der Waals surface area contributed by atoms with E-state index >= 15 is 0 Å². The number of hydrogen-bond acceptors (Lipinski definition) is 3. The fourth-order valence-corrected chi connectivity index (χ4v) is 2.42. The van der Waals surface area contributed by atoms with Gasteiger partial charge in [0.25, 0.3) is 0 Å². The van der Waals surface area contributed by atoms with Crippen LogP contribution >= 0.6 is 11.8 Å². The zero-order valence-electron chi connectivity index (χ0n) is 11.7. The molecule has 0 radical (unpaired) electrons. The number of benzene rings is 1. The number of rotatable bonds is 7. The first-order valence-corrected chi connectivity index (χ1v) is 7.78. The van der Waals surface area contributed by atoms with Crippen molar-refractivity contribution in [2.75, 3.05) is 19.4 Å². The van der Waals surface area contributed by atoms with Crippen molar-refractivity contribution in [2.45, 2.75) is 24.6 Å². The molecule has 6 heteroatoms. The van der Waals surface area contributed by atoms with E-state index in [0.717, 1.165) is 0 Å². The highest BCUT2D eigenvalue weighted by molar-refractivity contribution is 7.99. The summed E-state index contributed by atoms with van der Waals surface area (Å²) >= 11 is 1.50. The standard InChI is InChI=1S/C14H21FN2O2S/c1-10(13(9-18)20-2)17-14(19)16-8-7-11-5-3-4-6-12(11)15/h3-6,10,13,18H,7-9H2,1-2H3,(H2,16,17,19). The highest BCUT2D eigenvalue weighted by Crippen LogP contribution is 2.10. The molecular formula is C14H21FN2O2S. The Bertz CT molecular complexity index is 427. The van der Waals surface area contributed by atoms with Crippen LogP contribution in [-0.4, -0.2) is 41.8 Å². The molecule has 3 N–H and O–H groups in total. The van der Waals surface area contributed by atoms with Gasteiger partial charge in [-0.3, -0.25) is 0 Å². The number of thioether (sulfide) groups is 1. The maximum Gasteiger partial charge on any atom is 0.315 e. The molecule has 1 aromatic carbocycles. The topological polar surface area (TPSA) is 61.4 Å². The molecule has 0 bridgehead atoms. The first-order chi connectivity index (χ1) is 9.58. The molecule has 4 nitrogen and oxygen atoms in total. The Morgan fingerprint density at radius 3 is 2.75 bits per heavy atom. The average molecular weight is 300 g/mol. The van der Waals surface area contributed by atoms with Gasteiger partial charge in [0.05, 0.1) is 6.61 Å². The van der Waals surface area contributed by atoms with Gasteiger partial charge in [0.15, 0.2) is 0 Å². The molecule has 2 atom stereocenters. The fourth-order valence-electron chi connectivity index (χ4n) is 1.80. The van der Waals surface area contributed by atoms with Gasteiger partial charge < -0.3 is 15.7 Å². The number of carbonyl (C=O) groups excluding carboxylic acids is 1. The third kappa shape index (κ3) is 5.38. The molecule has 0 aliphatic rings. The lowest BCUT2D eigenvalue weighted by Gasteiger charge is -2.21. The van der Waals surface area contributed by atoms with Crippen LogP contribution in [0, 0.1) is 5.82 Å². The van der Waals surface area contributed by atoms with Gasteiger partial charge in [-0.05, 0) is 31.2 Å².